The highest BCUT2D eigenvalue weighted by molar-refractivity contribution is 7.89. The third kappa shape index (κ3) is 4.18. The Labute approximate surface area is 148 Å². The zero-order valence-corrected chi connectivity index (χ0v) is 15.3. The quantitative estimate of drug-likeness (QED) is 0.837. The summed E-state index contributed by atoms with van der Waals surface area (Å²) in [5, 5.41) is 19.0. The van der Waals surface area contributed by atoms with Crippen molar-refractivity contribution in [3.05, 3.63) is 29.8 Å². The van der Waals surface area contributed by atoms with E-state index in [2.05, 4.69) is 0 Å². The summed E-state index contributed by atoms with van der Waals surface area (Å²) < 4.78 is 26.6. The number of benzene rings is 1. The maximum Gasteiger partial charge on any atom is 0.254 e. The first-order chi connectivity index (χ1) is 11.7. The lowest BCUT2D eigenvalue weighted by atomic mass is 9.98. The SMILES string of the molecule is CCC[C@](C)(O)C(=O)N1CCN(S(=O)(=O)c2ccc(C#N)cc2)CC1. The number of rotatable bonds is 5. The predicted octanol–water partition coefficient (Wildman–Crippen LogP) is 0.942. The van der Waals surface area contributed by atoms with E-state index < -0.39 is 15.6 Å². The molecule has 1 atom stereocenters. The van der Waals surface area contributed by atoms with E-state index >= 15 is 0 Å². The van der Waals surface area contributed by atoms with Crippen LogP contribution in [0.4, 0.5) is 0 Å². The van der Waals surface area contributed by atoms with Crippen molar-refractivity contribution >= 4 is 15.9 Å². The monoisotopic (exact) mass is 365 g/mol. The third-order valence-electron chi connectivity index (χ3n) is 4.34. The summed E-state index contributed by atoms with van der Waals surface area (Å²) in [6, 6.07) is 7.71. The second-order valence-electron chi connectivity index (χ2n) is 6.36. The highest BCUT2D eigenvalue weighted by atomic mass is 32.2. The molecular formula is C17H23N3O4S. The molecular weight excluding hydrogens is 342 g/mol. The van der Waals surface area contributed by atoms with E-state index in [4.69, 9.17) is 5.26 Å². The molecule has 1 aliphatic rings. The molecule has 0 radical (unpaired) electrons. The molecule has 0 aliphatic carbocycles. The smallest absolute Gasteiger partial charge is 0.254 e. The number of carbonyl (C=O) groups excluding carboxylic acids is 1. The van der Waals surface area contributed by atoms with Crippen molar-refractivity contribution in [3.63, 3.8) is 0 Å². The van der Waals surface area contributed by atoms with Gasteiger partial charge in [0, 0.05) is 26.2 Å². The first-order valence-electron chi connectivity index (χ1n) is 8.24. The van der Waals surface area contributed by atoms with Gasteiger partial charge in [0.2, 0.25) is 10.0 Å². The Hall–Kier alpha value is -1.95. The molecule has 1 aromatic rings. The molecule has 0 bridgehead atoms. The van der Waals surface area contributed by atoms with E-state index in [0.717, 1.165) is 0 Å². The van der Waals surface area contributed by atoms with Gasteiger partial charge in [-0.05, 0) is 37.6 Å². The van der Waals surface area contributed by atoms with Crippen molar-refractivity contribution in [2.24, 2.45) is 0 Å². The van der Waals surface area contributed by atoms with Gasteiger partial charge in [-0.15, -0.1) is 0 Å². The number of carbonyl (C=O) groups is 1. The van der Waals surface area contributed by atoms with E-state index in [1.165, 1.54) is 40.4 Å². The van der Waals surface area contributed by atoms with Crippen LogP contribution < -0.4 is 0 Å². The summed E-state index contributed by atoms with van der Waals surface area (Å²) in [5.74, 6) is -0.357. The second-order valence-corrected chi connectivity index (χ2v) is 8.29. The highest BCUT2D eigenvalue weighted by Crippen LogP contribution is 2.21. The van der Waals surface area contributed by atoms with Crippen LogP contribution in [0.25, 0.3) is 0 Å². The number of amides is 1. The molecule has 136 valence electrons. The lowest BCUT2D eigenvalue weighted by Gasteiger charge is -2.37. The van der Waals surface area contributed by atoms with Crippen LogP contribution in [0.15, 0.2) is 29.2 Å². The van der Waals surface area contributed by atoms with Crippen molar-refractivity contribution in [1.82, 2.24) is 9.21 Å². The Bertz CT molecular complexity index is 758. The number of aliphatic hydroxyl groups is 1. The molecule has 7 nitrogen and oxygen atoms in total. The van der Waals surface area contributed by atoms with Crippen LogP contribution in [0, 0.1) is 11.3 Å². The zero-order valence-electron chi connectivity index (χ0n) is 14.5. The van der Waals surface area contributed by atoms with Gasteiger partial charge in [0.05, 0.1) is 16.5 Å². The minimum Gasteiger partial charge on any atom is -0.380 e. The molecule has 1 N–H and O–H groups in total. The molecule has 1 fully saturated rings. The standard InChI is InChI=1S/C17H23N3O4S/c1-3-8-17(2,22)16(21)19-9-11-20(12-10-19)25(23,24)15-6-4-14(13-18)5-7-15/h4-7,22H,3,8-12H2,1-2H3/t17-/m0/s1. The summed E-state index contributed by atoms with van der Waals surface area (Å²) in [6.45, 7) is 4.23. The van der Waals surface area contributed by atoms with Gasteiger partial charge in [-0.3, -0.25) is 4.79 Å². The maximum absolute atomic E-state index is 12.7. The van der Waals surface area contributed by atoms with Crippen LogP contribution in [0.5, 0.6) is 0 Å². The molecule has 1 aromatic carbocycles. The maximum atomic E-state index is 12.7. The first-order valence-corrected chi connectivity index (χ1v) is 9.68. The van der Waals surface area contributed by atoms with Crippen molar-refractivity contribution in [1.29, 1.82) is 5.26 Å². The van der Waals surface area contributed by atoms with Gasteiger partial charge >= 0.3 is 0 Å². The van der Waals surface area contributed by atoms with Crippen molar-refractivity contribution in [2.75, 3.05) is 26.2 Å². The average molecular weight is 365 g/mol. The predicted molar refractivity (Wildman–Crippen MR) is 92.0 cm³/mol. The van der Waals surface area contributed by atoms with E-state index in [0.29, 0.717) is 18.4 Å². The Balaban J connectivity index is 2.06. The van der Waals surface area contributed by atoms with Crippen molar-refractivity contribution in [3.8, 4) is 6.07 Å². The Kier molecular flexibility index (Phi) is 5.83. The van der Waals surface area contributed by atoms with Crippen LogP contribution in [0.1, 0.15) is 32.3 Å². The number of hydrogen-bond acceptors (Lipinski definition) is 5. The van der Waals surface area contributed by atoms with Crippen LogP contribution >= 0.6 is 0 Å². The Morgan fingerprint density at radius 1 is 1.24 bits per heavy atom. The fraction of sp³-hybridized carbons (Fsp3) is 0.529. The van der Waals surface area contributed by atoms with Crippen LogP contribution in [-0.2, 0) is 14.8 Å². The minimum absolute atomic E-state index is 0.129. The summed E-state index contributed by atoms with van der Waals surface area (Å²) >= 11 is 0. The number of hydrogen-bond donors (Lipinski definition) is 1. The molecule has 1 aliphatic heterocycles. The highest BCUT2D eigenvalue weighted by Gasteiger charge is 2.37. The molecule has 2 rings (SSSR count). The number of nitriles is 1. The van der Waals surface area contributed by atoms with Crippen molar-refractivity contribution in [2.45, 2.75) is 37.2 Å². The molecule has 0 unspecified atom stereocenters. The normalized spacial score (nSPS) is 18.4. The lowest BCUT2D eigenvalue weighted by molar-refractivity contribution is -0.151. The summed E-state index contributed by atoms with van der Waals surface area (Å²) in [6.07, 6.45) is 1.06. The summed E-state index contributed by atoms with van der Waals surface area (Å²) in [5.41, 5.74) is -1.02. The van der Waals surface area contributed by atoms with E-state index in [9.17, 15) is 18.3 Å². The summed E-state index contributed by atoms with van der Waals surface area (Å²) in [7, 11) is -3.66. The van der Waals surface area contributed by atoms with Gasteiger partial charge in [-0.1, -0.05) is 13.3 Å². The van der Waals surface area contributed by atoms with Crippen molar-refractivity contribution < 1.29 is 18.3 Å². The molecule has 8 heteroatoms. The van der Waals surface area contributed by atoms with Gasteiger partial charge < -0.3 is 10.0 Å². The molecule has 0 aromatic heterocycles. The third-order valence-corrected chi connectivity index (χ3v) is 6.26. The van der Waals surface area contributed by atoms with Gasteiger partial charge in [0.1, 0.15) is 5.60 Å². The lowest BCUT2D eigenvalue weighted by Crippen LogP contribution is -2.55. The molecule has 25 heavy (non-hydrogen) atoms. The molecule has 1 amide bonds. The molecule has 0 spiro atoms. The average Bonchev–Trinajstić information content (AvgIpc) is 2.61. The molecule has 0 saturated carbocycles. The van der Waals surface area contributed by atoms with Crippen LogP contribution in [0.2, 0.25) is 0 Å². The first kappa shape index (κ1) is 19.4. The Morgan fingerprint density at radius 2 is 1.80 bits per heavy atom. The largest absolute Gasteiger partial charge is 0.380 e. The minimum atomic E-state index is -3.66. The van der Waals surface area contributed by atoms with Gasteiger partial charge in [-0.2, -0.15) is 9.57 Å². The number of nitrogens with zero attached hydrogens (tertiary/aromatic N) is 3. The molecule has 1 heterocycles. The summed E-state index contributed by atoms with van der Waals surface area (Å²) in [4.78, 5) is 14.0. The fourth-order valence-corrected chi connectivity index (χ4v) is 4.34. The van der Waals surface area contributed by atoms with Gasteiger partial charge in [-0.25, -0.2) is 8.42 Å². The van der Waals surface area contributed by atoms with Crippen LogP contribution in [0.3, 0.4) is 0 Å². The zero-order chi connectivity index (χ0) is 18.7. The second kappa shape index (κ2) is 7.52. The van der Waals surface area contributed by atoms with Gasteiger partial charge in [0.15, 0.2) is 0 Å². The molecule has 1 saturated heterocycles. The van der Waals surface area contributed by atoms with Crippen LogP contribution in [-0.4, -0.2) is 60.4 Å². The van der Waals surface area contributed by atoms with E-state index in [1.54, 1.807) is 0 Å². The Morgan fingerprint density at radius 3 is 2.28 bits per heavy atom. The topological polar surface area (TPSA) is 102 Å². The number of piperazine rings is 1. The number of sulfonamides is 1. The van der Waals surface area contributed by atoms with Gasteiger partial charge in [0.25, 0.3) is 5.91 Å². The van der Waals surface area contributed by atoms with E-state index in [-0.39, 0.29) is 37.0 Å². The fourth-order valence-electron chi connectivity index (χ4n) is 2.92. The van der Waals surface area contributed by atoms with E-state index in [1.807, 2.05) is 13.0 Å².